The van der Waals surface area contributed by atoms with Crippen LogP contribution in [-0.4, -0.2) is 23.0 Å². The topological polar surface area (TPSA) is 35.5 Å². The molecule has 0 radical (unpaired) electrons. The molecule has 0 aromatic carbocycles. The van der Waals surface area contributed by atoms with Gasteiger partial charge in [0.25, 0.3) is 0 Å². The zero-order valence-electron chi connectivity index (χ0n) is 7.76. The Morgan fingerprint density at radius 2 is 2.00 bits per heavy atom. The van der Waals surface area contributed by atoms with Gasteiger partial charge in [0.1, 0.15) is 0 Å². The van der Waals surface area contributed by atoms with Crippen molar-refractivity contribution in [2.45, 2.75) is 13.8 Å². The van der Waals surface area contributed by atoms with Crippen molar-refractivity contribution >= 4 is 9.28 Å². The van der Waals surface area contributed by atoms with E-state index in [1.807, 2.05) is 6.92 Å². The fourth-order valence-electron chi connectivity index (χ4n) is 0.254. The fourth-order valence-corrected chi connectivity index (χ4v) is 0.762. The first kappa shape index (κ1) is 18.1. The third-order valence-corrected chi connectivity index (χ3v) is 1.85. The summed E-state index contributed by atoms with van der Waals surface area (Å²) in [5.41, 5.74) is 0. The van der Waals surface area contributed by atoms with E-state index in [0.717, 1.165) is 0 Å². The Kier molecular flexibility index (Phi) is 33.8. The molecule has 3 nitrogen and oxygen atoms in total. The summed E-state index contributed by atoms with van der Waals surface area (Å²) in [6.45, 7) is 11.3. The van der Waals surface area contributed by atoms with E-state index in [-0.39, 0.29) is 0 Å². The Labute approximate surface area is 84.8 Å². The average Bonchev–Trinajstić information content (AvgIpc) is 2.10. The molecule has 0 aromatic rings. The molecule has 0 rings (SSSR count). The third kappa shape index (κ3) is 32.0. The van der Waals surface area contributed by atoms with Gasteiger partial charge in [-0.25, -0.2) is 0 Å². The molecular weight excluding hydrogens is 219 g/mol. The molecule has 0 aliphatic rings. The van der Waals surface area contributed by atoms with E-state index < -0.39 is 9.28 Å². The van der Waals surface area contributed by atoms with Crippen molar-refractivity contribution in [1.29, 1.82) is 0 Å². The van der Waals surface area contributed by atoms with Gasteiger partial charge in [-0.05, 0) is 6.92 Å². The van der Waals surface area contributed by atoms with E-state index in [4.69, 9.17) is 12.7 Å². The predicted molar refractivity (Wildman–Crippen MR) is 46.4 cm³/mol. The summed E-state index contributed by atoms with van der Waals surface area (Å²) in [5, 5.41) is 0. The van der Waals surface area contributed by atoms with Crippen LogP contribution in [0.25, 0.3) is 0 Å². The van der Waals surface area contributed by atoms with Gasteiger partial charge < -0.3 is 14.9 Å². The zero-order valence-corrected chi connectivity index (χ0v) is 9.95. The normalized spacial score (nSPS) is 9.75. The first-order valence-corrected chi connectivity index (χ1v) is 5.46. The Bertz CT molecular complexity index is 83.1. The molecule has 0 saturated heterocycles. The van der Waals surface area contributed by atoms with Crippen LogP contribution in [0.3, 0.4) is 0 Å². The van der Waals surface area contributed by atoms with E-state index in [1.165, 1.54) is 0 Å². The van der Waals surface area contributed by atoms with Gasteiger partial charge in [0, 0.05) is 13.7 Å². The molecule has 0 fully saturated rings. The molecule has 12 heavy (non-hydrogen) atoms. The van der Waals surface area contributed by atoms with Gasteiger partial charge in [-0.1, -0.05) is 0 Å². The van der Waals surface area contributed by atoms with Crippen LogP contribution >= 0.6 is 0 Å². The quantitative estimate of drug-likeness (QED) is 0.543. The summed E-state index contributed by atoms with van der Waals surface area (Å²) in [7, 11) is 0.193. The molecule has 1 unspecified atom stereocenters. The molecule has 0 spiro atoms. The van der Waals surface area contributed by atoms with Crippen molar-refractivity contribution in [3.63, 3.8) is 0 Å². The Balaban J connectivity index is -0.000000137. The van der Waals surface area contributed by atoms with E-state index in [1.54, 1.807) is 14.0 Å². The van der Waals surface area contributed by atoms with E-state index in [0.29, 0.717) is 6.61 Å². The molecule has 0 heterocycles. The van der Waals surface area contributed by atoms with Crippen LogP contribution in [0.5, 0.6) is 0 Å². The van der Waals surface area contributed by atoms with E-state index >= 15 is 0 Å². The average molecular weight is 235 g/mol. The molecule has 0 aliphatic carbocycles. The molecule has 0 N–H and O–H groups in total. The maximum absolute atomic E-state index is 7.94. The summed E-state index contributed by atoms with van der Waals surface area (Å²) in [6, 6.07) is 0. The summed E-state index contributed by atoms with van der Waals surface area (Å²) in [6.07, 6.45) is 2.50. The van der Waals surface area contributed by atoms with E-state index in [2.05, 4.69) is 34.9 Å². The number of hydrogen-bond acceptors (Lipinski definition) is 3. The van der Waals surface area contributed by atoms with Crippen LogP contribution in [-0.2, 0) is 28.4 Å². The van der Waals surface area contributed by atoms with Crippen LogP contribution in [0, 0.1) is 12.6 Å². The third-order valence-electron chi connectivity index (χ3n) is 0.615. The van der Waals surface area contributed by atoms with Gasteiger partial charge in [-0.15, -0.1) is 0 Å². The Morgan fingerprint density at radius 1 is 1.67 bits per heavy atom. The molecule has 0 amide bonds. The van der Waals surface area contributed by atoms with E-state index in [9.17, 15) is 0 Å². The second-order valence-corrected chi connectivity index (χ2v) is 3.14. The fraction of sp³-hybridized carbons (Fsp3) is 0.571. The summed E-state index contributed by atoms with van der Waals surface area (Å²) in [4.78, 5) is 0. The van der Waals surface area contributed by atoms with Crippen LogP contribution < -0.4 is 0 Å². The molecule has 1 atom stereocenters. The molecule has 5 heteroatoms. The maximum atomic E-state index is 7.94. The Morgan fingerprint density at radius 3 is 2.08 bits per heavy atom. The summed E-state index contributed by atoms with van der Waals surface area (Å²) < 4.78 is 17.7. The van der Waals surface area contributed by atoms with Gasteiger partial charge in [-0.2, -0.15) is 6.92 Å². The van der Waals surface area contributed by atoms with Gasteiger partial charge in [0.15, 0.2) is 9.28 Å². The van der Waals surface area contributed by atoms with Crippen LogP contribution in [0.1, 0.15) is 13.8 Å². The molecular formula is C7H16CoO3Si-2. The van der Waals surface area contributed by atoms with Crippen molar-refractivity contribution in [1.82, 2.24) is 0 Å². The molecule has 0 bridgehead atoms. The number of allylic oxidation sites excluding steroid dienone is 1. The van der Waals surface area contributed by atoms with Crippen LogP contribution in [0.4, 0.5) is 0 Å². The number of hydrogen-bond donors (Lipinski definition) is 0. The molecule has 0 saturated carbocycles. The standard InChI is InChI=1S/C4H11O2Si.C3H5.Co.O/c1-4-6-7(3)5-2;1-3-2;;/h7H,3-4H2,1-2H3;1H2,2H3;;/q2*-1;;. The van der Waals surface area contributed by atoms with Crippen molar-refractivity contribution in [2.75, 3.05) is 13.7 Å². The number of rotatable bonds is 3. The van der Waals surface area contributed by atoms with Gasteiger partial charge in [0.2, 0.25) is 0 Å². The van der Waals surface area contributed by atoms with Crippen molar-refractivity contribution in [3.05, 3.63) is 19.2 Å². The first-order chi connectivity index (χ1) is 5.72. The predicted octanol–water partition coefficient (Wildman–Crippen LogP) is 1.14. The first-order valence-electron chi connectivity index (χ1n) is 3.27. The van der Waals surface area contributed by atoms with Crippen molar-refractivity contribution < 1.29 is 28.4 Å². The van der Waals surface area contributed by atoms with Gasteiger partial charge in [-0.3, -0.25) is 13.1 Å². The minimum atomic E-state index is -1.43. The second kappa shape index (κ2) is 22.5. The molecule has 77 valence electrons. The zero-order chi connectivity index (χ0) is 10.4. The second-order valence-electron chi connectivity index (χ2n) is 1.47. The van der Waals surface area contributed by atoms with Crippen LogP contribution in [0.2, 0.25) is 0 Å². The van der Waals surface area contributed by atoms with Crippen LogP contribution in [0.15, 0.2) is 6.58 Å². The molecule has 0 aliphatic heterocycles. The minimum absolute atomic E-state index is 0.716. The Hall–Kier alpha value is 0.183. The summed E-state index contributed by atoms with van der Waals surface area (Å²) in [5.74, 6) is 0. The SMILES string of the molecule is C=[C-]C.[CH2-][SiH](OC)OCC.[O]=[Co]. The summed E-state index contributed by atoms with van der Waals surface area (Å²) >= 11 is 2.31. The van der Waals surface area contributed by atoms with Crippen molar-refractivity contribution in [3.8, 4) is 0 Å². The monoisotopic (exact) mass is 235 g/mol. The van der Waals surface area contributed by atoms with Gasteiger partial charge in [0.05, 0.1) is 0 Å². The van der Waals surface area contributed by atoms with Crippen molar-refractivity contribution in [2.24, 2.45) is 0 Å². The molecule has 0 aromatic heterocycles. The van der Waals surface area contributed by atoms with Gasteiger partial charge >= 0.3 is 19.5 Å².